The lowest BCUT2D eigenvalue weighted by Gasteiger charge is -2.11. The molecule has 0 aromatic carbocycles. The molecular weight excluding hydrogens is 170 g/mol. The minimum absolute atomic E-state index is 0.119. The molecule has 4 heteroatoms. The molecule has 0 aromatic rings. The van der Waals surface area contributed by atoms with Crippen molar-refractivity contribution >= 4 is 11.8 Å². The molecule has 1 atom stereocenters. The van der Waals surface area contributed by atoms with Gasteiger partial charge in [0.1, 0.15) is 0 Å². The molecule has 0 saturated carbocycles. The van der Waals surface area contributed by atoms with E-state index in [2.05, 4.69) is 5.32 Å². The fourth-order valence-corrected chi connectivity index (χ4v) is 1.23. The number of nitrogens with one attached hydrogen (secondary N) is 1. The lowest BCUT2D eigenvalue weighted by molar-refractivity contribution is -0.124. The van der Waals surface area contributed by atoms with Crippen molar-refractivity contribution in [3.05, 3.63) is 11.1 Å². The van der Waals surface area contributed by atoms with Crippen molar-refractivity contribution in [3.8, 4) is 0 Å². The van der Waals surface area contributed by atoms with Crippen molar-refractivity contribution in [1.29, 1.82) is 0 Å². The molecule has 0 spiro atoms. The van der Waals surface area contributed by atoms with Crippen LogP contribution in [0.15, 0.2) is 11.1 Å². The average Bonchev–Trinajstić information content (AvgIpc) is 2.42. The first-order valence-electron chi connectivity index (χ1n) is 4.13. The number of carbonyl (C=O) groups is 2. The monoisotopic (exact) mass is 183 g/mol. The zero-order valence-corrected chi connectivity index (χ0v) is 8.01. The third-order valence-corrected chi connectivity index (χ3v) is 2.30. The van der Waals surface area contributed by atoms with Crippen molar-refractivity contribution in [2.24, 2.45) is 0 Å². The third kappa shape index (κ3) is 1.95. The van der Waals surface area contributed by atoms with Gasteiger partial charge in [0, 0.05) is 12.7 Å². The third-order valence-electron chi connectivity index (χ3n) is 2.30. The molecule has 1 heterocycles. The summed E-state index contributed by atoms with van der Waals surface area (Å²) < 4.78 is 5.06. The molecule has 1 fully saturated rings. The zero-order valence-electron chi connectivity index (χ0n) is 8.01. The fourth-order valence-electron chi connectivity index (χ4n) is 1.23. The number of methoxy groups -OCH3 is 1. The van der Waals surface area contributed by atoms with Crippen LogP contribution in [-0.2, 0) is 14.3 Å². The first-order valence-corrected chi connectivity index (χ1v) is 4.13. The minimum Gasteiger partial charge on any atom is -0.377 e. The summed E-state index contributed by atoms with van der Waals surface area (Å²) in [6, 6.07) is 0. The highest BCUT2D eigenvalue weighted by Gasteiger charge is 2.27. The fraction of sp³-hybridized carbons (Fsp3) is 0.556. The van der Waals surface area contributed by atoms with E-state index >= 15 is 0 Å². The summed E-state index contributed by atoms with van der Waals surface area (Å²) in [7, 11) is 1.57. The van der Waals surface area contributed by atoms with Crippen LogP contribution in [0, 0.1) is 0 Å². The van der Waals surface area contributed by atoms with Crippen LogP contribution in [-0.4, -0.2) is 25.0 Å². The standard InChI is InChI=1S/C9H13NO3/c1-5(6(2)13-3)7-4-8(11)10-9(7)12/h6H,4H2,1-3H3,(H,10,11,12). The number of rotatable bonds is 2. The number of hydrogen-bond acceptors (Lipinski definition) is 3. The molecule has 2 amide bonds. The van der Waals surface area contributed by atoms with E-state index in [4.69, 9.17) is 4.74 Å². The van der Waals surface area contributed by atoms with Crippen molar-refractivity contribution < 1.29 is 14.3 Å². The topological polar surface area (TPSA) is 55.4 Å². The van der Waals surface area contributed by atoms with Crippen molar-refractivity contribution in [2.45, 2.75) is 26.4 Å². The predicted molar refractivity (Wildman–Crippen MR) is 46.9 cm³/mol. The summed E-state index contributed by atoms with van der Waals surface area (Å²) in [6.45, 7) is 3.65. The Morgan fingerprint density at radius 3 is 2.54 bits per heavy atom. The highest BCUT2D eigenvalue weighted by molar-refractivity contribution is 6.13. The normalized spacial score (nSPS) is 23.0. The molecule has 1 saturated heterocycles. The lowest BCUT2D eigenvalue weighted by atomic mass is 10.0. The molecule has 0 aliphatic carbocycles. The van der Waals surface area contributed by atoms with E-state index in [1.165, 1.54) is 0 Å². The average molecular weight is 183 g/mol. The van der Waals surface area contributed by atoms with E-state index in [0.29, 0.717) is 5.57 Å². The molecule has 13 heavy (non-hydrogen) atoms. The SMILES string of the molecule is COC(C)C(C)=C1CC(=O)NC1=O. The maximum Gasteiger partial charge on any atom is 0.254 e. The van der Waals surface area contributed by atoms with E-state index in [-0.39, 0.29) is 24.3 Å². The number of amides is 2. The number of imide groups is 1. The van der Waals surface area contributed by atoms with Gasteiger partial charge in [-0.05, 0) is 19.4 Å². The maximum absolute atomic E-state index is 11.2. The van der Waals surface area contributed by atoms with Gasteiger partial charge < -0.3 is 4.74 Å². The van der Waals surface area contributed by atoms with Crippen LogP contribution in [0.25, 0.3) is 0 Å². The highest BCUT2D eigenvalue weighted by atomic mass is 16.5. The number of carbonyl (C=O) groups excluding carboxylic acids is 2. The summed E-state index contributed by atoms with van der Waals surface area (Å²) in [4.78, 5) is 22.1. The summed E-state index contributed by atoms with van der Waals surface area (Å²) >= 11 is 0. The second-order valence-corrected chi connectivity index (χ2v) is 3.09. The lowest BCUT2D eigenvalue weighted by Crippen LogP contribution is -2.20. The van der Waals surface area contributed by atoms with Gasteiger partial charge in [-0.3, -0.25) is 14.9 Å². The molecule has 72 valence electrons. The Hall–Kier alpha value is -1.16. The van der Waals surface area contributed by atoms with Gasteiger partial charge >= 0.3 is 0 Å². The largest absolute Gasteiger partial charge is 0.377 e. The Labute approximate surface area is 76.9 Å². The van der Waals surface area contributed by atoms with E-state index < -0.39 is 0 Å². The van der Waals surface area contributed by atoms with Crippen LogP contribution >= 0.6 is 0 Å². The minimum atomic E-state index is -0.286. The molecule has 0 aromatic heterocycles. The summed E-state index contributed by atoms with van der Waals surface area (Å²) in [5, 5.41) is 2.24. The van der Waals surface area contributed by atoms with Gasteiger partial charge in [0.05, 0.1) is 12.5 Å². The van der Waals surface area contributed by atoms with Gasteiger partial charge in [-0.15, -0.1) is 0 Å². The number of hydrogen-bond donors (Lipinski definition) is 1. The van der Waals surface area contributed by atoms with E-state index in [9.17, 15) is 9.59 Å². The Morgan fingerprint density at radius 1 is 1.54 bits per heavy atom. The van der Waals surface area contributed by atoms with Gasteiger partial charge in [0.2, 0.25) is 5.91 Å². The van der Waals surface area contributed by atoms with Crippen LogP contribution in [0.4, 0.5) is 0 Å². The number of ether oxygens (including phenoxy) is 1. The van der Waals surface area contributed by atoms with Crippen molar-refractivity contribution in [3.63, 3.8) is 0 Å². The second-order valence-electron chi connectivity index (χ2n) is 3.09. The van der Waals surface area contributed by atoms with Gasteiger partial charge in [-0.25, -0.2) is 0 Å². The van der Waals surface area contributed by atoms with E-state index in [1.54, 1.807) is 7.11 Å². The molecule has 0 bridgehead atoms. The quantitative estimate of drug-likeness (QED) is 0.497. The van der Waals surface area contributed by atoms with Gasteiger partial charge in [0.25, 0.3) is 5.91 Å². The molecule has 1 aliphatic heterocycles. The highest BCUT2D eigenvalue weighted by Crippen LogP contribution is 2.18. The second kappa shape index (κ2) is 3.70. The Bertz CT molecular complexity index is 281. The molecule has 1 aliphatic rings. The van der Waals surface area contributed by atoms with E-state index in [0.717, 1.165) is 5.57 Å². The summed E-state index contributed by atoms with van der Waals surface area (Å²) in [5.74, 6) is -0.519. The molecular formula is C9H13NO3. The first kappa shape index (κ1) is 9.92. The smallest absolute Gasteiger partial charge is 0.254 e. The van der Waals surface area contributed by atoms with Crippen LogP contribution in [0.5, 0.6) is 0 Å². The van der Waals surface area contributed by atoms with Gasteiger partial charge in [0.15, 0.2) is 0 Å². The molecule has 4 nitrogen and oxygen atoms in total. The van der Waals surface area contributed by atoms with Crippen molar-refractivity contribution in [2.75, 3.05) is 7.11 Å². The molecule has 1 N–H and O–H groups in total. The van der Waals surface area contributed by atoms with Crippen molar-refractivity contribution in [1.82, 2.24) is 5.32 Å². The van der Waals surface area contributed by atoms with Crippen LogP contribution < -0.4 is 5.32 Å². The molecule has 0 radical (unpaired) electrons. The van der Waals surface area contributed by atoms with Crippen LogP contribution in [0.1, 0.15) is 20.3 Å². The predicted octanol–water partition coefficient (Wildman–Crippen LogP) is 0.384. The van der Waals surface area contributed by atoms with E-state index in [1.807, 2.05) is 13.8 Å². The summed E-state index contributed by atoms with van der Waals surface area (Å²) in [6.07, 6.45) is 0.0601. The Kier molecular flexibility index (Phi) is 2.83. The van der Waals surface area contributed by atoms with Gasteiger partial charge in [-0.1, -0.05) is 0 Å². The van der Waals surface area contributed by atoms with Gasteiger partial charge in [-0.2, -0.15) is 0 Å². The zero-order chi connectivity index (χ0) is 10.0. The van der Waals surface area contributed by atoms with Crippen LogP contribution in [0.3, 0.4) is 0 Å². The molecule has 1 rings (SSSR count). The Morgan fingerprint density at radius 2 is 2.15 bits per heavy atom. The Balaban J connectivity index is 2.91. The first-order chi connectivity index (χ1) is 6.06. The molecule has 1 unspecified atom stereocenters. The summed E-state index contributed by atoms with van der Waals surface area (Å²) in [5.41, 5.74) is 1.37. The maximum atomic E-state index is 11.2. The van der Waals surface area contributed by atoms with Crippen LogP contribution in [0.2, 0.25) is 0 Å².